The third-order valence-corrected chi connectivity index (χ3v) is 14.7. The number of hydrogen-bond acceptors (Lipinski definition) is 11. The molecule has 6 N–H and O–H groups in total. The maximum atomic E-state index is 13.7. The van der Waals surface area contributed by atoms with Crippen LogP contribution in [0.1, 0.15) is 110 Å². The van der Waals surface area contributed by atoms with Gasteiger partial charge in [-0.25, -0.2) is 5.43 Å². The lowest BCUT2D eigenvalue weighted by molar-refractivity contribution is -0.196. The number of hydrazone groups is 1. The highest BCUT2D eigenvalue weighted by molar-refractivity contribution is 7.98. The van der Waals surface area contributed by atoms with Gasteiger partial charge < -0.3 is 40.3 Å². The second-order valence-corrected chi connectivity index (χ2v) is 20.4. The lowest BCUT2D eigenvalue weighted by Crippen LogP contribution is -2.63. The Kier molecular flexibility index (Phi) is 15.8. The molecule has 3 heterocycles. The molecule has 3 aromatic carbocycles. The number of nitrogens with one attached hydrogen (secondary N) is 3. The number of aliphatic hydroxyl groups excluding tert-OH is 3. The molecule has 3 aliphatic heterocycles. The van der Waals surface area contributed by atoms with Crippen LogP contribution in [0.3, 0.4) is 0 Å². The molecule has 0 bridgehead atoms. The number of allylic oxidation sites excluding steroid dienone is 2. The van der Waals surface area contributed by atoms with Crippen LogP contribution in [0.15, 0.2) is 77.0 Å². The first-order valence-corrected chi connectivity index (χ1v) is 24.2. The molecule has 2 saturated heterocycles. The summed E-state index contributed by atoms with van der Waals surface area (Å²) in [6, 6.07) is 15.4. The minimum atomic E-state index is -4.66. The number of anilines is 2. The number of halogens is 4. The van der Waals surface area contributed by atoms with Crippen molar-refractivity contribution in [3.63, 3.8) is 0 Å². The number of aliphatic hydroxyl groups is 3. The molecule has 0 radical (unpaired) electrons. The van der Waals surface area contributed by atoms with E-state index >= 15 is 0 Å². The normalized spacial score (nSPS) is 24.8. The van der Waals surface area contributed by atoms with E-state index in [9.17, 15) is 38.1 Å². The van der Waals surface area contributed by atoms with E-state index in [0.717, 1.165) is 92.7 Å². The van der Waals surface area contributed by atoms with Gasteiger partial charge in [-0.1, -0.05) is 50.6 Å². The molecule has 4 aliphatic rings. The Bertz CT molecular complexity index is 2290. The third kappa shape index (κ3) is 11.9. The van der Waals surface area contributed by atoms with Crippen LogP contribution in [-0.2, 0) is 21.4 Å². The van der Waals surface area contributed by atoms with E-state index in [1.807, 2.05) is 24.3 Å². The Labute approximate surface area is 393 Å². The molecule has 4 unspecified atom stereocenters. The number of hydrogen-bond donors (Lipinski definition) is 6. The lowest BCUT2D eigenvalue weighted by Gasteiger charge is -2.44. The van der Waals surface area contributed by atoms with Crippen molar-refractivity contribution < 1.29 is 47.6 Å². The molecular formula is C49H61ClF3N5O7S. The molecule has 358 valence electrons. The molecule has 1 aliphatic carbocycles. The summed E-state index contributed by atoms with van der Waals surface area (Å²) >= 11 is 7.49. The van der Waals surface area contributed by atoms with E-state index in [4.69, 9.17) is 21.1 Å². The Hall–Kier alpha value is -4.16. The van der Waals surface area contributed by atoms with Crippen LogP contribution in [0.25, 0.3) is 0 Å². The number of carbonyl (C=O) groups is 2. The fraction of sp³-hybridized carbons (Fsp3) is 0.531. The first-order valence-electron chi connectivity index (χ1n) is 22.7. The van der Waals surface area contributed by atoms with Crippen LogP contribution in [0.5, 0.6) is 0 Å². The van der Waals surface area contributed by atoms with Gasteiger partial charge in [0.05, 0.1) is 52.9 Å². The molecule has 1 saturated carbocycles. The number of rotatable bonds is 17. The summed E-state index contributed by atoms with van der Waals surface area (Å²) in [4.78, 5) is 29.4. The fourth-order valence-electron chi connectivity index (χ4n) is 9.18. The standard InChI is InChI=1S/C49H61ClF3N5O7S/c1-29(64-19-16-47(2,3)44-36-24-48(36,4)25-39-41(56-44)43(61)42(60)40(27-59)65-39)15-20-66-28-31-9-8-10-32(21-31)45(62)55-38-14-12-33(58-17-6-5-7-18-58)23-34(38)46(63)57-54-26-30-11-13-37(50)35(22-30)49(51,52)53/h8-14,21-23,26,29,39-43,56,59-61H,5-7,15-20,24-25,27-28H2,1-4H3,(H,55,62)(H,57,63)/b54-26+/t29?,39?,40-,41?,42-,43-,48?/m1/s1. The van der Waals surface area contributed by atoms with Crippen LogP contribution < -0.4 is 21.0 Å². The zero-order valence-electron chi connectivity index (χ0n) is 37.8. The van der Waals surface area contributed by atoms with Crippen LogP contribution in [0.2, 0.25) is 5.02 Å². The number of thioether (sulfide) groups is 1. The topological polar surface area (TPSA) is 165 Å². The minimum absolute atomic E-state index is 0.0120. The summed E-state index contributed by atoms with van der Waals surface area (Å²) in [6.45, 7) is 10.5. The van der Waals surface area contributed by atoms with Crippen molar-refractivity contribution in [2.24, 2.45) is 15.9 Å². The molecule has 7 rings (SSSR count). The van der Waals surface area contributed by atoms with Crippen molar-refractivity contribution in [1.82, 2.24) is 10.7 Å². The van der Waals surface area contributed by atoms with Crippen LogP contribution >= 0.6 is 23.4 Å². The van der Waals surface area contributed by atoms with Crippen molar-refractivity contribution in [2.75, 3.05) is 42.3 Å². The summed E-state index contributed by atoms with van der Waals surface area (Å²) < 4.78 is 52.6. The van der Waals surface area contributed by atoms with Crippen LogP contribution in [-0.4, -0.2) is 102 Å². The Morgan fingerprint density at radius 3 is 2.59 bits per heavy atom. The van der Waals surface area contributed by atoms with Gasteiger partial charge in [-0.15, -0.1) is 0 Å². The minimum Gasteiger partial charge on any atom is -0.394 e. The molecule has 3 fully saturated rings. The maximum Gasteiger partial charge on any atom is 0.417 e. The number of piperidine rings is 1. The molecule has 66 heavy (non-hydrogen) atoms. The highest BCUT2D eigenvalue weighted by Crippen LogP contribution is 2.61. The Morgan fingerprint density at radius 2 is 1.85 bits per heavy atom. The average molecular weight is 957 g/mol. The number of alkyl halides is 3. The molecule has 0 aromatic heterocycles. The van der Waals surface area contributed by atoms with Gasteiger partial charge in [-0.2, -0.15) is 30.0 Å². The smallest absolute Gasteiger partial charge is 0.394 e. The quantitative estimate of drug-likeness (QED) is 0.0441. The van der Waals surface area contributed by atoms with Gasteiger partial charge in [-0.05, 0) is 122 Å². The SMILES string of the molecule is CC(CCSCc1cccc(C(=O)Nc2ccc(N3CCCCC3)cc2C(=O)N/N=C/c2ccc(Cl)c(C(F)(F)F)c2)c1)OCCC(C)(C)C1=C2CC2(C)CC2O[C@H](CO)[C@@H](O)[C@H](O)C2N1. The molecule has 7 atom stereocenters. The molecule has 17 heteroatoms. The summed E-state index contributed by atoms with van der Waals surface area (Å²) in [5, 5.41) is 41.3. The van der Waals surface area contributed by atoms with Crippen molar-refractivity contribution in [2.45, 2.75) is 121 Å². The molecule has 3 aromatic rings. The second kappa shape index (κ2) is 21.0. The van der Waals surface area contributed by atoms with E-state index in [0.29, 0.717) is 24.3 Å². The highest BCUT2D eigenvalue weighted by atomic mass is 35.5. The number of fused-ring (bicyclic) bond motifs is 2. The van der Waals surface area contributed by atoms with Crippen molar-refractivity contribution in [1.29, 1.82) is 0 Å². The van der Waals surface area contributed by atoms with E-state index in [1.165, 1.54) is 11.6 Å². The third-order valence-electron chi connectivity index (χ3n) is 13.3. The summed E-state index contributed by atoms with van der Waals surface area (Å²) in [7, 11) is 0. The molecule has 2 amide bonds. The van der Waals surface area contributed by atoms with Gasteiger partial charge in [0, 0.05) is 47.8 Å². The van der Waals surface area contributed by atoms with Gasteiger partial charge in [0.1, 0.15) is 18.3 Å². The number of carbonyl (C=O) groups excluding carboxylic acids is 2. The number of ether oxygens (including phenoxy) is 2. The molecular weight excluding hydrogens is 895 g/mol. The van der Waals surface area contributed by atoms with Crippen molar-refractivity contribution >= 4 is 52.8 Å². The summed E-state index contributed by atoms with van der Waals surface area (Å²) in [5.74, 6) is 0.447. The van der Waals surface area contributed by atoms with E-state index in [1.54, 1.807) is 30.0 Å². The van der Waals surface area contributed by atoms with Crippen LogP contribution in [0.4, 0.5) is 24.5 Å². The van der Waals surface area contributed by atoms with Crippen molar-refractivity contribution in [3.05, 3.63) is 105 Å². The highest BCUT2D eigenvalue weighted by Gasteiger charge is 2.57. The van der Waals surface area contributed by atoms with Gasteiger partial charge in [0.15, 0.2) is 0 Å². The van der Waals surface area contributed by atoms with E-state index < -0.39 is 52.9 Å². The van der Waals surface area contributed by atoms with Gasteiger partial charge in [0.2, 0.25) is 0 Å². The summed E-state index contributed by atoms with van der Waals surface area (Å²) in [6.07, 6.45) is -0.559. The fourth-order valence-corrected chi connectivity index (χ4v) is 10.5. The predicted octanol–water partition coefficient (Wildman–Crippen LogP) is 8.32. The average Bonchev–Trinajstić information content (AvgIpc) is 3.97. The Morgan fingerprint density at radius 1 is 1.08 bits per heavy atom. The monoisotopic (exact) mass is 955 g/mol. The zero-order chi connectivity index (χ0) is 47.4. The predicted molar refractivity (Wildman–Crippen MR) is 252 cm³/mol. The zero-order valence-corrected chi connectivity index (χ0v) is 39.4. The number of amides is 2. The second-order valence-electron chi connectivity index (χ2n) is 18.9. The maximum absolute atomic E-state index is 13.7. The lowest BCUT2D eigenvalue weighted by atomic mass is 9.83. The first kappa shape index (κ1) is 49.7. The van der Waals surface area contributed by atoms with E-state index in [2.05, 4.69) is 53.8 Å². The number of benzene rings is 3. The molecule has 12 nitrogen and oxygen atoms in total. The number of nitrogens with zero attached hydrogens (tertiary/aromatic N) is 2. The first-order chi connectivity index (χ1) is 31.4. The summed E-state index contributed by atoms with van der Waals surface area (Å²) in [5.41, 5.74) is 6.15. The van der Waals surface area contributed by atoms with Gasteiger partial charge >= 0.3 is 6.18 Å². The molecule has 0 spiro atoms. The largest absolute Gasteiger partial charge is 0.417 e. The van der Waals surface area contributed by atoms with E-state index in [-0.39, 0.29) is 46.5 Å². The Balaban J connectivity index is 0.907. The van der Waals surface area contributed by atoms with Gasteiger partial charge in [-0.3, -0.25) is 9.59 Å². The van der Waals surface area contributed by atoms with Gasteiger partial charge in [0.25, 0.3) is 11.8 Å². The van der Waals surface area contributed by atoms with Crippen LogP contribution in [0, 0.1) is 10.8 Å². The van der Waals surface area contributed by atoms with Crippen molar-refractivity contribution in [3.8, 4) is 0 Å².